The number of para-hydroxylation sites is 1. The van der Waals surface area contributed by atoms with Gasteiger partial charge < -0.3 is 10.5 Å². The number of rotatable bonds is 5. The molecule has 2 aromatic rings. The molecule has 5 nitrogen and oxygen atoms in total. The van der Waals surface area contributed by atoms with Crippen LogP contribution in [0.25, 0.3) is 0 Å². The van der Waals surface area contributed by atoms with Gasteiger partial charge in [0.05, 0.1) is 12.8 Å². The van der Waals surface area contributed by atoms with E-state index >= 15 is 0 Å². The van der Waals surface area contributed by atoms with Gasteiger partial charge in [-0.15, -0.1) is 0 Å². The Kier molecular flexibility index (Phi) is 4.50. The lowest BCUT2D eigenvalue weighted by atomic mass is 10.2. The highest BCUT2D eigenvalue weighted by Gasteiger charge is 2.20. The van der Waals surface area contributed by atoms with Crippen LogP contribution >= 0.6 is 0 Å². The van der Waals surface area contributed by atoms with E-state index < -0.39 is 10.0 Å². The Labute approximate surface area is 124 Å². The van der Waals surface area contributed by atoms with Gasteiger partial charge in [0.15, 0.2) is 0 Å². The SMILES string of the molecule is COc1ccc(CN)cc1S(=O)(=O)Nc1ccccc1C. The van der Waals surface area contributed by atoms with Gasteiger partial charge in [0.25, 0.3) is 10.0 Å². The Bertz CT molecular complexity index is 742. The first kappa shape index (κ1) is 15.3. The summed E-state index contributed by atoms with van der Waals surface area (Å²) in [6.45, 7) is 2.10. The Morgan fingerprint density at radius 2 is 1.90 bits per heavy atom. The third kappa shape index (κ3) is 3.34. The van der Waals surface area contributed by atoms with Crippen molar-refractivity contribution in [2.45, 2.75) is 18.4 Å². The molecule has 0 unspecified atom stereocenters. The second-order valence-electron chi connectivity index (χ2n) is 4.61. The van der Waals surface area contributed by atoms with Gasteiger partial charge in [-0.2, -0.15) is 0 Å². The lowest BCUT2D eigenvalue weighted by Crippen LogP contribution is -2.15. The first-order valence-corrected chi connectivity index (χ1v) is 7.91. The summed E-state index contributed by atoms with van der Waals surface area (Å²) in [4.78, 5) is 0.0798. The van der Waals surface area contributed by atoms with E-state index in [1.165, 1.54) is 13.2 Å². The molecule has 0 amide bonds. The third-order valence-electron chi connectivity index (χ3n) is 3.14. The number of ether oxygens (including phenoxy) is 1. The molecule has 2 aromatic carbocycles. The molecular weight excluding hydrogens is 288 g/mol. The van der Waals surface area contributed by atoms with E-state index in [1.54, 1.807) is 24.3 Å². The van der Waals surface area contributed by atoms with Crippen LogP contribution in [-0.4, -0.2) is 15.5 Å². The molecule has 0 aliphatic carbocycles. The largest absolute Gasteiger partial charge is 0.495 e. The average Bonchev–Trinajstić information content (AvgIpc) is 2.48. The molecule has 0 atom stereocenters. The van der Waals surface area contributed by atoms with Gasteiger partial charge in [0.2, 0.25) is 0 Å². The van der Waals surface area contributed by atoms with Crippen molar-refractivity contribution in [3.8, 4) is 5.75 Å². The molecule has 6 heteroatoms. The molecule has 0 spiro atoms. The predicted molar refractivity (Wildman–Crippen MR) is 82.9 cm³/mol. The lowest BCUT2D eigenvalue weighted by Gasteiger charge is -2.14. The van der Waals surface area contributed by atoms with E-state index in [0.29, 0.717) is 5.69 Å². The minimum atomic E-state index is -3.74. The average molecular weight is 306 g/mol. The fraction of sp³-hybridized carbons (Fsp3) is 0.200. The van der Waals surface area contributed by atoms with Gasteiger partial charge in [-0.1, -0.05) is 24.3 Å². The summed E-state index contributed by atoms with van der Waals surface area (Å²) in [6, 6.07) is 12.1. The van der Waals surface area contributed by atoms with Crippen molar-refractivity contribution in [1.29, 1.82) is 0 Å². The summed E-state index contributed by atoms with van der Waals surface area (Å²) in [5.74, 6) is 0.285. The zero-order valence-corrected chi connectivity index (χ0v) is 12.8. The number of sulfonamides is 1. The highest BCUT2D eigenvalue weighted by Crippen LogP contribution is 2.27. The van der Waals surface area contributed by atoms with Gasteiger partial charge in [-0.25, -0.2) is 8.42 Å². The summed E-state index contributed by atoms with van der Waals surface area (Å²) in [5, 5.41) is 0. The zero-order valence-electron chi connectivity index (χ0n) is 12.0. The quantitative estimate of drug-likeness (QED) is 0.888. The second-order valence-corrected chi connectivity index (χ2v) is 6.26. The van der Waals surface area contributed by atoms with Crippen molar-refractivity contribution in [3.63, 3.8) is 0 Å². The van der Waals surface area contributed by atoms with Crippen molar-refractivity contribution in [1.82, 2.24) is 0 Å². The van der Waals surface area contributed by atoms with E-state index in [9.17, 15) is 8.42 Å². The third-order valence-corrected chi connectivity index (χ3v) is 4.53. The van der Waals surface area contributed by atoms with Gasteiger partial charge in [0.1, 0.15) is 10.6 Å². The molecule has 0 fully saturated rings. The number of aryl methyl sites for hydroxylation is 1. The fourth-order valence-electron chi connectivity index (χ4n) is 1.95. The van der Waals surface area contributed by atoms with Crippen LogP contribution in [0.3, 0.4) is 0 Å². The van der Waals surface area contributed by atoms with Gasteiger partial charge in [-0.3, -0.25) is 4.72 Å². The first-order chi connectivity index (χ1) is 9.97. The van der Waals surface area contributed by atoms with E-state index in [-0.39, 0.29) is 17.2 Å². The van der Waals surface area contributed by atoms with Gasteiger partial charge >= 0.3 is 0 Å². The maximum absolute atomic E-state index is 12.6. The van der Waals surface area contributed by atoms with Crippen LogP contribution in [0.1, 0.15) is 11.1 Å². The Morgan fingerprint density at radius 3 is 2.52 bits per heavy atom. The minimum absolute atomic E-state index is 0.0798. The monoisotopic (exact) mass is 306 g/mol. The molecule has 3 N–H and O–H groups in total. The number of hydrogen-bond donors (Lipinski definition) is 2. The van der Waals surface area contributed by atoms with Crippen molar-refractivity contribution in [3.05, 3.63) is 53.6 Å². The van der Waals surface area contributed by atoms with Crippen LogP contribution in [0.15, 0.2) is 47.4 Å². The fourth-order valence-corrected chi connectivity index (χ4v) is 3.30. The predicted octanol–water partition coefficient (Wildman–Crippen LogP) is 2.26. The molecule has 0 aliphatic rings. The Balaban J connectivity index is 2.46. The molecule has 0 heterocycles. The van der Waals surface area contributed by atoms with Crippen molar-refractivity contribution >= 4 is 15.7 Å². The summed E-state index contributed by atoms with van der Waals surface area (Å²) in [7, 11) is -2.31. The highest BCUT2D eigenvalue weighted by atomic mass is 32.2. The number of benzene rings is 2. The topological polar surface area (TPSA) is 81.4 Å². The second kappa shape index (κ2) is 6.15. The summed E-state index contributed by atoms with van der Waals surface area (Å²) in [5.41, 5.74) is 7.68. The molecule has 21 heavy (non-hydrogen) atoms. The molecule has 0 radical (unpaired) electrons. The van der Waals surface area contributed by atoms with Crippen LogP contribution < -0.4 is 15.2 Å². The molecule has 0 aromatic heterocycles. The standard InChI is InChI=1S/C15H18N2O3S/c1-11-5-3-4-6-13(11)17-21(18,19)15-9-12(10-16)7-8-14(15)20-2/h3-9,17H,10,16H2,1-2H3. The molecule has 0 bridgehead atoms. The van der Waals surface area contributed by atoms with Crippen LogP contribution in [0, 0.1) is 6.92 Å². The van der Waals surface area contributed by atoms with Gasteiger partial charge in [0, 0.05) is 6.54 Å². The Morgan fingerprint density at radius 1 is 1.19 bits per heavy atom. The maximum atomic E-state index is 12.6. The minimum Gasteiger partial charge on any atom is -0.495 e. The molecule has 112 valence electrons. The Hall–Kier alpha value is -2.05. The summed E-state index contributed by atoms with van der Waals surface area (Å²) in [6.07, 6.45) is 0. The zero-order chi connectivity index (χ0) is 15.5. The van der Waals surface area contributed by atoms with Crippen LogP contribution in [0.2, 0.25) is 0 Å². The number of nitrogens with one attached hydrogen (secondary N) is 1. The number of nitrogens with two attached hydrogens (primary N) is 1. The van der Waals surface area contributed by atoms with Crippen LogP contribution in [0.5, 0.6) is 5.75 Å². The molecule has 0 saturated carbocycles. The van der Waals surface area contributed by atoms with Crippen molar-refractivity contribution < 1.29 is 13.2 Å². The molecular formula is C15H18N2O3S. The molecule has 0 saturated heterocycles. The highest BCUT2D eigenvalue weighted by molar-refractivity contribution is 7.92. The van der Waals surface area contributed by atoms with E-state index in [1.807, 2.05) is 19.1 Å². The maximum Gasteiger partial charge on any atom is 0.265 e. The van der Waals surface area contributed by atoms with Crippen LogP contribution in [-0.2, 0) is 16.6 Å². The molecule has 0 aliphatic heterocycles. The van der Waals surface area contributed by atoms with Crippen molar-refractivity contribution in [2.75, 3.05) is 11.8 Å². The summed E-state index contributed by atoms with van der Waals surface area (Å²) < 4.78 is 32.9. The summed E-state index contributed by atoms with van der Waals surface area (Å²) >= 11 is 0. The van der Waals surface area contributed by atoms with Crippen LogP contribution in [0.4, 0.5) is 5.69 Å². The number of hydrogen-bond acceptors (Lipinski definition) is 4. The number of anilines is 1. The number of methoxy groups -OCH3 is 1. The molecule has 2 rings (SSSR count). The first-order valence-electron chi connectivity index (χ1n) is 6.43. The van der Waals surface area contributed by atoms with E-state index in [4.69, 9.17) is 10.5 Å². The van der Waals surface area contributed by atoms with Crippen molar-refractivity contribution in [2.24, 2.45) is 5.73 Å². The smallest absolute Gasteiger partial charge is 0.265 e. The lowest BCUT2D eigenvalue weighted by molar-refractivity contribution is 0.402. The van der Waals surface area contributed by atoms with E-state index in [2.05, 4.69) is 4.72 Å². The van der Waals surface area contributed by atoms with Gasteiger partial charge in [-0.05, 0) is 36.2 Å². The normalized spacial score (nSPS) is 11.2. The van der Waals surface area contributed by atoms with E-state index in [0.717, 1.165) is 11.1 Å².